The highest BCUT2D eigenvalue weighted by molar-refractivity contribution is 6.31. The highest BCUT2D eigenvalue weighted by Crippen LogP contribution is 2.36. The van der Waals surface area contributed by atoms with Crippen molar-refractivity contribution in [3.8, 4) is 5.75 Å². The Bertz CT molecular complexity index is 1380. The summed E-state index contributed by atoms with van der Waals surface area (Å²) in [4.78, 5) is 24.1. The van der Waals surface area contributed by atoms with Crippen LogP contribution < -0.4 is 15.4 Å². The zero-order chi connectivity index (χ0) is 26.8. The number of fused-ring (bicyclic) bond motifs is 3. The van der Waals surface area contributed by atoms with Crippen molar-refractivity contribution in [1.29, 1.82) is 0 Å². The van der Waals surface area contributed by atoms with E-state index in [2.05, 4.69) is 25.5 Å². The molecule has 1 amide bonds. The summed E-state index contributed by atoms with van der Waals surface area (Å²) in [5.41, 5.74) is 1.78. The molecule has 39 heavy (non-hydrogen) atoms. The minimum absolute atomic E-state index is 0.00934. The topological polar surface area (TPSA) is 88.6 Å². The Balaban J connectivity index is 1.23. The molecule has 6 rings (SSSR count). The first kappa shape index (κ1) is 26.0. The Kier molecular flexibility index (Phi) is 7.63. The van der Waals surface area contributed by atoms with Crippen LogP contribution in [-0.4, -0.2) is 58.7 Å². The summed E-state index contributed by atoms with van der Waals surface area (Å²) in [5.74, 6) is 0.347. The quantitative estimate of drug-likeness (QED) is 0.340. The minimum atomic E-state index is -0.498. The van der Waals surface area contributed by atoms with E-state index in [1.165, 1.54) is 18.5 Å². The second kappa shape index (κ2) is 11.5. The van der Waals surface area contributed by atoms with Gasteiger partial charge in [-0.3, -0.25) is 9.69 Å². The first-order valence-electron chi connectivity index (χ1n) is 13.5. The molecule has 3 fully saturated rings. The van der Waals surface area contributed by atoms with E-state index in [4.69, 9.17) is 21.1 Å². The van der Waals surface area contributed by atoms with Crippen molar-refractivity contribution in [2.24, 2.45) is 0 Å². The molecule has 2 saturated heterocycles. The molecule has 1 aliphatic carbocycles. The molecule has 2 aliphatic heterocycles. The number of aromatic nitrogens is 2. The molecule has 2 bridgehead atoms. The van der Waals surface area contributed by atoms with E-state index in [-0.39, 0.29) is 17.0 Å². The molecule has 204 valence electrons. The average molecular weight is 552 g/mol. The zero-order valence-electron chi connectivity index (χ0n) is 21.5. The van der Waals surface area contributed by atoms with Gasteiger partial charge < -0.3 is 20.1 Å². The van der Waals surface area contributed by atoms with Crippen LogP contribution in [-0.2, 0) is 9.53 Å². The number of rotatable bonds is 8. The molecule has 3 heterocycles. The number of amides is 1. The molecule has 1 saturated carbocycles. The van der Waals surface area contributed by atoms with Gasteiger partial charge in [-0.25, -0.2) is 14.4 Å². The molecule has 0 spiro atoms. The number of nitrogens with zero attached hydrogens (tertiary/aromatic N) is 3. The Morgan fingerprint density at radius 1 is 1.13 bits per heavy atom. The third-order valence-corrected chi connectivity index (χ3v) is 7.81. The first-order valence-corrected chi connectivity index (χ1v) is 13.9. The maximum Gasteiger partial charge on any atom is 0.248 e. The number of hydrogen-bond acceptors (Lipinski definition) is 7. The minimum Gasteiger partial charge on any atom is -0.488 e. The number of carbonyl (C=O) groups is 1. The number of benzene rings is 2. The van der Waals surface area contributed by atoms with Gasteiger partial charge >= 0.3 is 0 Å². The molecule has 2 unspecified atom stereocenters. The number of likely N-dealkylation sites (tertiary alicyclic amines) is 1. The monoisotopic (exact) mass is 551 g/mol. The zero-order valence-corrected chi connectivity index (χ0v) is 22.3. The smallest absolute Gasteiger partial charge is 0.248 e. The normalized spacial score (nSPS) is 21.6. The highest BCUT2D eigenvalue weighted by Gasteiger charge is 2.33. The number of halogens is 2. The van der Waals surface area contributed by atoms with Crippen molar-refractivity contribution in [1.82, 2.24) is 14.9 Å². The van der Waals surface area contributed by atoms with Gasteiger partial charge in [0, 0.05) is 42.9 Å². The van der Waals surface area contributed by atoms with Crippen molar-refractivity contribution >= 4 is 45.6 Å². The van der Waals surface area contributed by atoms with Gasteiger partial charge in [0.05, 0.1) is 34.5 Å². The van der Waals surface area contributed by atoms with E-state index in [1.54, 1.807) is 12.1 Å². The summed E-state index contributed by atoms with van der Waals surface area (Å²) in [6, 6.07) is 8.02. The van der Waals surface area contributed by atoms with E-state index >= 15 is 0 Å². The van der Waals surface area contributed by atoms with Gasteiger partial charge in [-0.2, -0.15) is 0 Å². The maximum absolute atomic E-state index is 13.7. The Morgan fingerprint density at radius 2 is 1.92 bits per heavy atom. The second-order valence-electron chi connectivity index (χ2n) is 10.4. The van der Waals surface area contributed by atoms with Crippen LogP contribution in [0.3, 0.4) is 0 Å². The van der Waals surface area contributed by atoms with Gasteiger partial charge in [0.2, 0.25) is 5.91 Å². The van der Waals surface area contributed by atoms with Crippen LogP contribution >= 0.6 is 11.6 Å². The molecular formula is C29H31ClFN5O3. The van der Waals surface area contributed by atoms with Crippen LogP contribution in [0.2, 0.25) is 5.02 Å². The number of nitrogens with one attached hydrogen (secondary N) is 2. The Labute approximate surface area is 231 Å². The van der Waals surface area contributed by atoms with Crippen LogP contribution in [0.4, 0.5) is 21.6 Å². The third kappa shape index (κ3) is 6.16. The summed E-state index contributed by atoms with van der Waals surface area (Å²) >= 11 is 5.96. The number of anilines is 3. The summed E-state index contributed by atoms with van der Waals surface area (Å²) < 4.78 is 25.9. The fourth-order valence-corrected chi connectivity index (χ4v) is 5.79. The van der Waals surface area contributed by atoms with E-state index in [0.29, 0.717) is 52.6 Å². The van der Waals surface area contributed by atoms with Gasteiger partial charge in [0.25, 0.3) is 0 Å². The van der Waals surface area contributed by atoms with Gasteiger partial charge in [-0.1, -0.05) is 17.7 Å². The largest absolute Gasteiger partial charge is 0.488 e. The lowest BCUT2D eigenvalue weighted by Gasteiger charge is -2.31. The van der Waals surface area contributed by atoms with Gasteiger partial charge in [-0.05, 0) is 62.8 Å². The molecule has 1 aromatic heterocycles. The lowest BCUT2D eigenvalue weighted by Crippen LogP contribution is -2.42. The standard InChI is InChI=1S/C29H31ClFN5O3/c30-23-12-18(7-10-24(23)31)34-29-22-13-26(27(14-25(22)32-17-33-29)39-19-4-1-2-5-19)35-28(37)6-3-11-36-15-20-8-9-21(16-36)38-20/h3,6-7,10,12-14,17,19-21H,1-2,4-5,8-9,11,15-16H2,(H,35,37)(H,32,33,34). The number of hydrogen-bond donors (Lipinski definition) is 2. The molecule has 2 atom stereocenters. The molecule has 2 N–H and O–H groups in total. The van der Waals surface area contributed by atoms with Crippen LogP contribution in [0, 0.1) is 5.82 Å². The van der Waals surface area contributed by atoms with Gasteiger partial charge in [0.1, 0.15) is 23.7 Å². The summed E-state index contributed by atoms with van der Waals surface area (Å²) in [6.45, 7) is 2.51. The number of carbonyl (C=O) groups excluding carboxylic acids is 1. The first-order chi connectivity index (χ1) is 19.0. The Morgan fingerprint density at radius 3 is 2.69 bits per heavy atom. The predicted octanol–water partition coefficient (Wildman–Crippen LogP) is 5.85. The third-order valence-electron chi connectivity index (χ3n) is 7.52. The van der Waals surface area contributed by atoms with Crippen molar-refractivity contribution in [2.45, 2.75) is 56.8 Å². The summed E-state index contributed by atoms with van der Waals surface area (Å²) in [5, 5.41) is 6.88. The van der Waals surface area contributed by atoms with Crippen molar-refractivity contribution in [3.05, 3.63) is 59.7 Å². The van der Waals surface area contributed by atoms with E-state index in [0.717, 1.165) is 51.6 Å². The number of morpholine rings is 1. The molecule has 2 aromatic carbocycles. The van der Waals surface area contributed by atoms with Gasteiger partial charge in [-0.15, -0.1) is 0 Å². The van der Waals surface area contributed by atoms with Crippen LogP contribution in [0.5, 0.6) is 5.75 Å². The maximum atomic E-state index is 13.7. The van der Waals surface area contributed by atoms with Crippen molar-refractivity contribution in [3.63, 3.8) is 0 Å². The van der Waals surface area contributed by atoms with E-state index in [9.17, 15) is 9.18 Å². The Hall–Kier alpha value is -3.27. The van der Waals surface area contributed by atoms with E-state index < -0.39 is 5.82 Å². The molecule has 3 aromatic rings. The van der Waals surface area contributed by atoms with E-state index in [1.807, 2.05) is 18.2 Å². The average Bonchev–Trinajstić information content (AvgIpc) is 3.55. The predicted molar refractivity (Wildman–Crippen MR) is 149 cm³/mol. The van der Waals surface area contributed by atoms with Crippen molar-refractivity contribution < 1.29 is 18.7 Å². The lowest BCUT2D eigenvalue weighted by molar-refractivity contribution is -0.111. The molecule has 10 heteroatoms. The van der Waals surface area contributed by atoms with Crippen LogP contribution in [0.15, 0.2) is 48.8 Å². The summed E-state index contributed by atoms with van der Waals surface area (Å²) in [6.07, 6.45) is 12.1. The fraction of sp³-hybridized carbons (Fsp3) is 0.414. The summed E-state index contributed by atoms with van der Waals surface area (Å²) in [7, 11) is 0. The van der Waals surface area contributed by atoms with Gasteiger partial charge in [0.15, 0.2) is 0 Å². The number of ether oxygens (including phenoxy) is 2. The van der Waals surface area contributed by atoms with Crippen molar-refractivity contribution in [2.75, 3.05) is 30.3 Å². The SMILES string of the molecule is O=C(C=CCN1CC2CCC(C1)O2)Nc1cc2c(Nc3ccc(F)c(Cl)c3)ncnc2cc1OC1CCCC1. The molecule has 8 nitrogen and oxygen atoms in total. The molecule has 3 aliphatic rings. The second-order valence-corrected chi connectivity index (χ2v) is 10.8. The van der Waals surface area contributed by atoms with Crippen LogP contribution in [0.1, 0.15) is 38.5 Å². The molecular weight excluding hydrogens is 521 g/mol. The fourth-order valence-electron chi connectivity index (χ4n) is 5.61. The highest BCUT2D eigenvalue weighted by atomic mass is 35.5. The van der Waals surface area contributed by atoms with Crippen LogP contribution in [0.25, 0.3) is 10.9 Å². The molecule has 0 radical (unpaired) electrons. The lowest BCUT2D eigenvalue weighted by atomic mass is 10.1.